The smallest absolute Gasteiger partial charge is 0.212 e. The Hall–Kier alpha value is -1.66. The van der Waals surface area contributed by atoms with Crippen LogP contribution in [-0.4, -0.2) is 47.1 Å². The lowest BCUT2D eigenvalue weighted by molar-refractivity contribution is -0.00877. The summed E-state index contributed by atoms with van der Waals surface area (Å²) in [7, 11) is -2.58. The van der Waals surface area contributed by atoms with Crippen LogP contribution in [0.1, 0.15) is 18.8 Å². The van der Waals surface area contributed by atoms with E-state index < -0.39 is 13.5 Å². The summed E-state index contributed by atoms with van der Waals surface area (Å²) in [6.45, 7) is -0.283. The number of hydrogen-bond donors (Lipinski definition) is 0. The highest BCUT2D eigenvalue weighted by Gasteiger charge is 2.44. The van der Waals surface area contributed by atoms with E-state index in [2.05, 4.69) is 30.8 Å². The van der Waals surface area contributed by atoms with Crippen LogP contribution in [0.2, 0.25) is 0 Å². The van der Waals surface area contributed by atoms with Gasteiger partial charge >= 0.3 is 0 Å². The summed E-state index contributed by atoms with van der Waals surface area (Å²) < 4.78 is 44.3. The van der Waals surface area contributed by atoms with Crippen LogP contribution < -0.4 is 9.64 Å². The molecule has 3 saturated heterocycles. The Morgan fingerprint density at radius 1 is 1.26 bits per heavy atom. The minimum Gasteiger partial charge on any atom is -0.481 e. The van der Waals surface area contributed by atoms with E-state index in [1.165, 1.54) is 18.3 Å². The normalized spacial score (nSPS) is 27.9. The van der Waals surface area contributed by atoms with Gasteiger partial charge in [0.15, 0.2) is 0 Å². The third-order valence-electron chi connectivity index (χ3n) is 4.33. The SMILES string of the molecule is [2H]C([2H])([2H])Oc1ccc(C([2H])([2H])N2C3CC2CN(c2ccc(Br)cn2)C3)cn1. The third kappa shape index (κ3) is 2.93. The molecule has 2 atom stereocenters. The minimum atomic E-state index is -2.58. The Bertz CT molecular complexity index is 834. The molecule has 0 radical (unpaired) electrons. The van der Waals surface area contributed by atoms with Gasteiger partial charge in [0.2, 0.25) is 5.88 Å². The van der Waals surface area contributed by atoms with Crippen molar-refractivity contribution in [2.45, 2.75) is 25.0 Å². The summed E-state index contributed by atoms with van der Waals surface area (Å²) >= 11 is 3.39. The molecule has 2 bridgehead atoms. The zero-order chi connectivity index (χ0) is 20.1. The molecule has 5 nitrogen and oxygen atoms in total. The highest BCUT2D eigenvalue weighted by atomic mass is 79.9. The molecule has 0 aliphatic carbocycles. The summed E-state index contributed by atoms with van der Waals surface area (Å²) in [5.74, 6) is 0.849. The molecule has 3 fully saturated rings. The van der Waals surface area contributed by atoms with Crippen LogP contribution in [-0.2, 0) is 6.50 Å². The number of halogens is 1. The number of pyridine rings is 2. The first-order valence-corrected chi connectivity index (χ1v) is 8.23. The number of methoxy groups -OCH3 is 1. The van der Waals surface area contributed by atoms with Crippen molar-refractivity contribution in [2.75, 3.05) is 25.0 Å². The summed E-state index contributed by atoms with van der Waals surface area (Å²) in [5, 5.41) is 0. The van der Waals surface area contributed by atoms with Gasteiger partial charge in [0.25, 0.3) is 0 Å². The molecule has 5 heterocycles. The maximum absolute atomic E-state index is 8.63. The topological polar surface area (TPSA) is 41.5 Å². The number of aromatic nitrogens is 2. The molecule has 23 heavy (non-hydrogen) atoms. The van der Waals surface area contributed by atoms with Gasteiger partial charge in [-0.15, -0.1) is 0 Å². The second-order valence-electron chi connectivity index (χ2n) is 5.79. The second-order valence-corrected chi connectivity index (χ2v) is 6.70. The van der Waals surface area contributed by atoms with Gasteiger partial charge in [0.05, 0.1) is 11.2 Å². The van der Waals surface area contributed by atoms with E-state index >= 15 is 0 Å². The van der Waals surface area contributed by atoms with Crippen LogP contribution in [0.15, 0.2) is 41.1 Å². The Labute approximate surface area is 151 Å². The van der Waals surface area contributed by atoms with Crippen LogP contribution >= 0.6 is 15.9 Å². The lowest BCUT2D eigenvalue weighted by Gasteiger charge is -2.56. The number of fused-ring (bicyclic) bond motifs is 2. The van der Waals surface area contributed by atoms with Gasteiger partial charge in [-0.3, -0.25) is 4.90 Å². The lowest BCUT2D eigenvalue weighted by atomic mass is 9.87. The van der Waals surface area contributed by atoms with Crippen LogP contribution in [0.4, 0.5) is 5.82 Å². The van der Waals surface area contributed by atoms with Crippen molar-refractivity contribution in [1.29, 1.82) is 0 Å². The molecule has 2 aromatic rings. The fourth-order valence-electron chi connectivity index (χ4n) is 3.19. The summed E-state index contributed by atoms with van der Waals surface area (Å²) in [6.07, 6.45) is 4.06. The molecule has 0 aromatic carbocycles. The Kier molecular flexibility index (Phi) is 2.72. The number of ether oxygens (including phenoxy) is 1. The molecule has 6 heteroatoms. The van der Waals surface area contributed by atoms with Gasteiger partial charge in [0.1, 0.15) is 5.82 Å². The minimum absolute atomic E-state index is 0.0455. The fraction of sp³-hybridized carbons (Fsp3) is 0.412. The average molecular weight is 380 g/mol. The predicted octanol–water partition coefficient (Wildman–Crippen LogP) is 2.71. The molecule has 5 rings (SSSR count). The summed E-state index contributed by atoms with van der Waals surface area (Å²) in [5.41, 5.74) is 0.385. The Morgan fingerprint density at radius 2 is 2.13 bits per heavy atom. The number of piperazine rings is 1. The predicted molar refractivity (Wildman–Crippen MR) is 92.7 cm³/mol. The Morgan fingerprint density at radius 3 is 2.78 bits per heavy atom. The van der Waals surface area contributed by atoms with Gasteiger partial charge in [0, 0.05) is 57.3 Å². The molecule has 0 amide bonds. The highest BCUT2D eigenvalue weighted by Crippen LogP contribution is 2.35. The maximum Gasteiger partial charge on any atom is 0.212 e. The van der Waals surface area contributed by atoms with E-state index in [1.807, 2.05) is 17.0 Å². The van der Waals surface area contributed by atoms with Crippen molar-refractivity contribution < 1.29 is 11.6 Å². The first-order chi connectivity index (χ1) is 13.1. The second kappa shape index (κ2) is 6.09. The molecule has 0 N–H and O–H groups in total. The van der Waals surface area contributed by atoms with Crippen LogP contribution in [0, 0.1) is 0 Å². The maximum atomic E-state index is 8.63. The highest BCUT2D eigenvalue weighted by molar-refractivity contribution is 9.10. The standard InChI is InChI=1S/C17H19BrN4O/c1-23-17-5-2-12(7-20-17)9-22-14-6-15(22)11-21(10-14)16-4-3-13(18)8-19-16/h2-5,7-8,14-15H,6,9-11H2,1H3/i1D3,9D2. The van der Waals surface area contributed by atoms with E-state index in [9.17, 15) is 0 Å². The molecule has 2 aromatic heterocycles. The van der Waals surface area contributed by atoms with Gasteiger partial charge in [-0.1, -0.05) is 6.07 Å². The molecule has 0 saturated carbocycles. The van der Waals surface area contributed by atoms with Gasteiger partial charge in [-0.05, 0) is 40.0 Å². The summed E-state index contributed by atoms with van der Waals surface area (Å²) in [6, 6.07) is 7.01. The van der Waals surface area contributed by atoms with Gasteiger partial charge in [-0.25, -0.2) is 9.97 Å². The van der Waals surface area contributed by atoms with E-state index in [0.717, 1.165) is 16.7 Å². The number of nitrogens with zero attached hydrogens (tertiary/aromatic N) is 4. The van der Waals surface area contributed by atoms with Crippen LogP contribution in [0.25, 0.3) is 0 Å². The Balaban J connectivity index is 1.47. The van der Waals surface area contributed by atoms with Crippen molar-refractivity contribution in [2.24, 2.45) is 0 Å². The molecule has 3 aliphatic rings. The van der Waals surface area contributed by atoms with Crippen molar-refractivity contribution in [3.63, 3.8) is 0 Å². The third-order valence-corrected chi connectivity index (χ3v) is 4.80. The monoisotopic (exact) mass is 379 g/mol. The first kappa shape index (κ1) is 10.3. The zero-order valence-corrected chi connectivity index (χ0v) is 13.9. The van der Waals surface area contributed by atoms with E-state index in [0.29, 0.717) is 18.7 Å². The lowest BCUT2D eigenvalue weighted by Crippen LogP contribution is -2.68. The summed E-state index contributed by atoms with van der Waals surface area (Å²) in [4.78, 5) is 12.5. The number of piperidine rings is 1. The molecule has 2 unspecified atom stereocenters. The number of anilines is 1. The molecular formula is C17H19BrN4O. The van der Waals surface area contributed by atoms with Gasteiger partial charge in [-0.2, -0.15) is 0 Å². The number of hydrogen-bond acceptors (Lipinski definition) is 5. The average Bonchev–Trinajstić information content (AvgIpc) is 2.61. The van der Waals surface area contributed by atoms with E-state index in [1.54, 1.807) is 6.20 Å². The van der Waals surface area contributed by atoms with Crippen molar-refractivity contribution in [1.82, 2.24) is 14.9 Å². The first-order valence-electron chi connectivity index (χ1n) is 9.94. The van der Waals surface area contributed by atoms with E-state index in [4.69, 9.17) is 11.6 Å². The number of rotatable bonds is 4. The van der Waals surface area contributed by atoms with Crippen molar-refractivity contribution in [3.8, 4) is 5.88 Å². The molecule has 0 spiro atoms. The largest absolute Gasteiger partial charge is 0.481 e. The molecule has 3 aliphatic heterocycles. The van der Waals surface area contributed by atoms with Gasteiger partial charge < -0.3 is 9.64 Å². The molecular weight excluding hydrogens is 356 g/mol. The van der Waals surface area contributed by atoms with E-state index in [-0.39, 0.29) is 18.0 Å². The quantitative estimate of drug-likeness (QED) is 0.816. The van der Waals surface area contributed by atoms with Crippen LogP contribution in [0.3, 0.4) is 0 Å². The fourth-order valence-corrected chi connectivity index (χ4v) is 3.42. The van der Waals surface area contributed by atoms with Crippen molar-refractivity contribution in [3.05, 3.63) is 46.7 Å². The molecule has 120 valence electrons. The van der Waals surface area contributed by atoms with Crippen LogP contribution in [0.5, 0.6) is 5.88 Å². The van der Waals surface area contributed by atoms with Crippen molar-refractivity contribution >= 4 is 21.7 Å². The zero-order valence-electron chi connectivity index (χ0n) is 17.3.